The zero-order chi connectivity index (χ0) is 14.9. The first-order chi connectivity index (χ1) is 10.8. The molecule has 0 aromatic carbocycles. The van der Waals surface area contributed by atoms with Crippen molar-refractivity contribution in [2.45, 2.75) is 25.1 Å². The molecule has 0 bridgehead atoms. The summed E-state index contributed by atoms with van der Waals surface area (Å²) in [5, 5.41) is 7.88. The molecule has 6 heteroatoms. The molecule has 1 saturated heterocycles. The van der Waals surface area contributed by atoms with Gasteiger partial charge in [0.15, 0.2) is 0 Å². The van der Waals surface area contributed by atoms with E-state index in [1.807, 2.05) is 48.5 Å². The Bertz CT molecular complexity index is 778. The molecule has 22 heavy (non-hydrogen) atoms. The summed E-state index contributed by atoms with van der Waals surface area (Å²) in [7, 11) is 1.96. The second kappa shape index (κ2) is 5.55. The van der Waals surface area contributed by atoms with E-state index in [1.165, 1.54) is 5.69 Å². The van der Waals surface area contributed by atoms with Crippen molar-refractivity contribution in [3.63, 3.8) is 0 Å². The number of rotatable bonds is 4. The third kappa shape index (κ3) is 2.30. The fourth-order valence-electron chi connectivity index (χ4n) is 3.14. The molecular weight excluding hydrogens is 278 g/mol. The Morgan fingerprint density at radius 3 is 3.14 bits per heavy atom. The van der Waals surface area contributed by atoms with Crippen LogP contribution in [0.15, 0.2) is 42.9 Å². The molecule has 1 aliphatic heterocycles. The zero-order valence-electron chi connectivity index (χ0n) is 12.5. The Morgan fingerprint density at radius 1 is 1.32 bits per heavy atom. The highest BCUT2D eigenvalue weighted by Crippen LogP contribution is 2.28. The normalized spacial score (nSPS) is 21.7. The summed E-state index contributed by atoms with van der Waals surface area (Å²) in [5.41, 5.74) is 3.30. The van der Waals surface area contributed by atoms with Gasteiger partial charge in [0.25, 0.3) is 0 Å². The molecule has 114 valence electrons. The molecule has 0 spiro atoms. The van der Waals surface area contributed by atoms with Gasteiger partial charge < -0.3 is 14.5 Å². The highest BCUT2D eigenvalue weighted by molar-refractivity contribution is 5.39. The third-order valence-electron chi connectivity index (χ3n) is 4.30. The number of fused-ring (bicyclic) bond motifs is 1. The van der Waals surface area contributed by atoms with Crippen molar-refractivity contribution in [1.82, 2.24) is 24.5 Å². The van der Waals surface area contributed by atoms with Gasteiger partial charge in [-0.3, -0.25) is 4.68 Å². The quantitative estimate of drug-likeness (QED) is 0.796. The van der Waals surface area contributed by atoms with E-state index in [0.29, 0.717) is 6.04 Å². The molecule has 0 radical (unpaired) electrons. The highest BCUT2D eigenvalue weighted by Gasteiger charge is 2.31. The van der Waals surface area contributed by atoms with Gasteiger partial charge in [0.05, 0.1) is 5.69 Å². The first-order valence-corrected chi connectivity index (χ1v) is 7.57. The fourth-order valence-corrected chi connectivity index (χ4v) is 3.14. The average molecular weight is 297 g/mol. The van der Waals surface area contributed by atoms with Crippen LogP contribution < -0.4 is 5.32 Å². The SMILES string of the molecule is Cn1nccc1[C@H]1OCC[C@@H]1NCc1cccc2nccn12. The number of aryl methyl sites for hydroxylation is 1. The van der Waals surface area contributed by atoms with Crippen LogP contribution in [0.4, 0.5) is 0 Å². The number of imidazole rings is 1. The molecule has 3 aromatic rings. The van der Waals surface area contributed by atoms with Crippen molar-refractivity contribution in [2.24, 2.45) is 7.05 Å². The van der Waals surface area contributed by atoms with E-state index in [4.69, 9.17) is 4.74 Å². The maximum absolute atomic E-state index is 5.91. The maximum atomic E-state index is 5.91. The van der Waals surface area contributed by atoms with Crippen LogP contribution in [0.5, 0.6) is 0 Å². The molecule has 4 heterocycles. The minimum absolute atomic E-state index is 0.0643. The summed E-state index contributed by atoms with van der Waals surface area (Å²) in [4.78, 5) is 4.33. The number of ether oxygens (including phenoxy) is 1. The second-order valence-electron chi connectivity index (χ2n) is 5.62. The highest BCUT2D eigenvalue weighted by atomic mass is 16.5. The lowest BCUT2D eigenvalue weighted by molar-refractivity contribution is 0.0918. The van der Waals surface area contributed by atoms with Gasteiger partial charge in [0.2, 0.25) is 0 Å². The summed E-state index contributed by atoms with van der Waals surface area (Å²) >= 11 is 0. The van der Waals surface area contributed by atoms with E-state index in [2.05, 4.69) is 25.9 Å². The number of hydrogen-bond donors (Lipinski definition) is 1. The largest absolute Gasteiger partial charge is 0.370 e. The van der Waals surface area contributed by atoms with E-state index in [0.717, 1.165) is 30.9 Å². The molecule has 2 atom stereocenters. The summed E-state index contributed by atoms with van der Waals surface area (Å²) in [5.74, 6) is 0. The fraction of sp³-hybridized carbons (Fsp3) is 0.375. The lowest BCUT2D eigenvalue weighted by atomic mass is 10.1. The van der Waals surface area contributed by atoms with Crippen LogP contribution >= 0.6 is 0 Å². The number of nitrogens with one attached hydrogen (secondary N) is 1. The Kier molecular flexibility index (Phi) is 3.40. The van der Waals surface area contributed by atoms with Gasteiger partial charge in [-0.15, -0.1) is 0 Å². The first-order valence-electron chi connectivity index (χ1n) is 7.57. The average Bonchev–Trinajstić information content (AvgIpc) is 3.24. The summed E-state index contributed by atoms with van der Waals surface area (Å²) in [6, 6.07) is 8.51. The van der Waals surface area contributed by atoms with E-state index in [-0.39, 0.29) is 6.10 Å². The van der Waals surface area contributed by atoms with Crippen LogP contribution in [0, 0.1) is 0 Å². The smallest absolute Gasteiger partial charge is 0.136 e. The predicted octanol–water partition coefficient (Wildman–Crippen LogP) is 1.69. The van der Waals surface area contributed by atoms with Gasteiger partial charge >= 0.3 is 0 Å². The number of nitrogens with zero attached hydrogens (tertiary/aromatic N) is 4. The molecular formula is C16H19N5O. The van der Waals surface area contributed by atoms with E-state index in [9.17, 15) is 0 Å². The van der Waals surface area contributed by atoms with Gasteiger partial charge in [0, 0.05) is 50.5 Å². The second-order valence-corrected chi connectivity index (χ2v) is 5.62. The van der Waals surface area contributed by atoms with Crippen molar-refractivity contribution in [2.75, 3.05) is 6.61 Å². The van der Waals surface area contributed by atoms with Crippen LogP contribution in [-0.4, -0.2) is 31.8 Å². The van der Waals surface area contributed by atoms with Gasteiger partial charge in [-0.25, -0.2) is 4.98 Å². The van der Waals surface area contributed by atoms with Gasteiger partial charge in [-0.2, -0.15) is 5.10 Å². The molecule has 3 aromatic heterocycles. The van der Waals surface area contributed by atoms with Crippen molar-refractivity contribution >= 4 is 5.65 Å². The third-order valence-corrected chi connectivity index (χ3v) is 4.30. The predicted molar refractivity (Wildman–Crippen MR) is 82.3 cm³/mol. The van der Waals surface area contributed by atoms with Crippen LogP contribution in [0.25, 0.3) is 5.65 Å². The summed E-state index contributed by atoms with van der Waals surface area (Å²) in [6.45, 7) is 1.57. The Hall–Kier alpha value is -2.18. The van der Waals surface area contributed by atoms with Gasteiger partial charge in [-0.1, -0.05) is 6.07 Å². The Balaban J connectivity index is 1.51. The summed E-state index contributed by atoms with van der Waals surface area (Å²) in [6.07, 6.45) is 6.72. The molecule has 0 aliphatic carbocycles. The van der Waals surface area contributed by atoms with Gasteiger partial charge in [-0.05, 0) is 24.6 Å². The maximum Gasteiger partial charge on any atom is 0.136 e. The molecule has 0 amide bonds. The molecule has 4 rings (SSSR count). The van der Waals surface area contributed by atoms with Crippen LogP contribution in [0.1, 0.15) is 23.9 Å². The molecule has 0 saturated carbocycles. The minimum atomic E-state index is 0.0643. The van der Waals surface area contributed by atoms with Crippen LogP contribution in [0.3, 0.4) is 0 Å². The Labute approximate surface area is 128 Å². The molecule has 6 nitrogen and oxygen atoms in total. The number of aromatic nitrogens is 4. The molecule has 1 aliphatic rings. The molecule has 0 unspecified atom stereocenters. The first kappa shape index (κ1) is 13.5. The lowest BCUT2D eigenvalue weighted by Crippen LogP contribution is -2.32. The van der Waals surface area contributed by atoms with E-state index in [1.54, 1.807) is 0 Å². The van der Waals surface area contributed by atoms with Gasteiger partial charge in [0.1, 0.15) is 11.8 Å². The zero-order valence-corrected chi connectivity index (χ0v) is 12.5. The van der Waals surface area contributed by atoms with Crippen LogP contribution in [-0.2, 0) is 18.3 Å². The van der Waals surface area contributed by atoms with Crippen molar-refractivity contribution in [1.29, 1.82) is 0 Å². The van der Waals surface area contributed by atoms with E-state index < -0.39 is 0 Å². The molecule has 1 N–H and O–H groups in total. The number of hydrogen-bond acceptors (Lipinski definition) is 4. The van der Waals surface area contributed by atoms with E-state index >= 15 is 0 Å². The van der Waals surface area contributed by atoms with Crippen LogP contribution in [0.2, 0.25) is 0 Å². The van der Waals surface area contributed by atoms with Crippen molar-refractivity contribution in [3.8, 4) is 0 Å². The minimum Gasteiger partial charge on any atom is -0.370 e. The number of pyridine rings is 1. The lowest BCUT2D eigenvalue weighted by Gasteiger charge is -2.20. The van der Waals surface area contributed by atoms with Crippen molar-refractivity contribution in [3.05, 3.63) is 54.2 Å². The topological polar surface area (TPSA) is 56.4 Å². The summed E-state index contributed by atoms with van der Waals surface area (Å²) < 4.78 is 9.91. The standard InChI is InChI=1S/C16H19N5O/c1-20-14(5-7-19-20)16-13(6-10-22-16)18-11-12-3-2-4-15-17-8-9-21(12)15/h2-5,7-9,13,16,18H,6,10-11H2,1H3/t13-,16-/m0/s1. The van der Waals surface area contributed by atoms with Crippen molar-refractivity contribution < 1.29 is 4.74 Å². The Morgan fingerprint density at radius 2 is 2.27 bits per heavy atom. The monoisotopic (exact) mass is 297 g/mol. The molecule has 1 fully saturated rings.